The van der Waals surface area contributed by atoms with Crippen LogP contribution in [0, 0.1) is 10.1 Å². The first-order valence-corrected chi connectivity index (χ1v) is 7.12. The summed E-state index contributed by atoms with van der Waals surface area (Å²) in [5.74, 6) is 0. The molecule has 0 aliphatic heterocycles. The van der Waals surface area contributed by atoms with Crippen LogP contribution in [-0.2, 0) is 14.8 Å². The van der Waals surface area contributed by atoms with Gasteiger partial charge in [-0.25, -0.2) is 21.9 Å². The van der Waals surface area contributed by atoms with Crippen LogP contribution in [0.4, 0.5) is 20.2 Å². The van der Waals surface area contributed by atoms with Crippen LogP contribution in [-0.4, -0.2) is 39.5 Å². The van der Waals surface area contributed by atoms with E-state index in [1.165, 1.54) is 0 Å². The van der Waals surface area contributed by atoms with E-state index in [-0.39, 0.29) is 23.7 Å². The van der Waals surface area contributed by atoms with Crippen molar-refractivity contribution in [2.45, 2.75) is 11.3 Å². The highest BCUT2D eigenvalue weighted by Crippen LogP contribution is 2.24. The molecule has 0 aliphatic rings. The van der Waals surface area contributed by atoms with Crippen molar-refractivity contribution in [3.8, 4) is 0 Å². The molecule has 0 radical (unpaired) electrons. The van der Waals surface area contributed by atoms with Crippen molar-refractivity contribution in [2.24, 2.45) is 0 Å². The standard InChI is InChI=1S/C10H13F2N3O5S/c11-10(12)6-20-4-3-14-21(18,19)7-1-2-9(15(16)17)8(13)5-7/h1-2,5,10,14H,3-4,6,13H2. The van der Waals surface area contributed by atoms with Gasteiger partial charge in [-0.15, -0.1) is 0 Å². The summed E-state index contributed by atoms with van der Waals surface area (Å²) in [6.07, 6.45) is -2.63. The number of nitro groups is 1. The van der Waals surface area contributed by atoms with Gasteiger partial charge < -0.3 is 10.5 Å². The maximum absolute atomic E-state index is 11.8. The number of sulfonamides is 1. The summed E-state index contributed by atoms with van der Waals surface area (Å²) in [6, 6.07) is 2.94. The lowest BCUT2D eigenvalue weighted by molar-refractivity contribution is -0.383. The Hall–Kier alpha value is -1.85. The van der Waals surface area contributed by atoms with Gasteiger partial charge in [0.15, 0.2) is 0 Å². The monoisotopic (exact) mass is 325 g/mol. The van der Waals surface area contributed by atoms with Gasteiger partial charge in [0, 0.05) is 12.6 Å². The Morgan fingerprint density at radius 1 is 1.43 bits per heavy atom. The number of nitrogens with zero attached hydrogens (tertiary/aromatic N) is 1. The zero-order valence-corrected chi connectivity index (χ0v) is 11.5. The molecule has 0 atom stereocenters. The first-order valence-electron chi connectivity index (χ1n) is 5.63. The summed E-state index contributed by atoms with van der Waals surface area (Å²) in [5.41, 5.74) is 4.68. The number of anilines is 1. The summed E-state index contributed by atoms with van der Waals surface area (Å²) >= 11 is 0. The fourth-order valence-corrected chi connectivity index (χ4v) is 2.42. The number of benzene rings is 1. The van der Waals surface area contributed by atoms with Crippen molar-refractivity contribution in [1.82, 2.24) is 4.72 Å². The molecule has 3 N–H and O–H groups in total. The number of rotatable bonds is 8. The first-order chi connectivity index (χ1) is 9.74. The highest BCUT2D eigenvalue weighted by molar-refractivity contribution is 7.89. The second-order valence-corrected chi connectivity index (χ2v) is 5.61. The van der Waals surface area contributed by atoms with Gasteiger partial charge in [0.2, 0.25) is 10.0 Å². The summed E-state index contributed by atoms with van der Waals surface area (Å²) < 4.78 is 53.8. The summed E-state index contributed by atoms with van der Waals surface area (Å²) in [7, 11) is -3.95. The molecular formula is C10H13F2N3O5S. The lowest BCUT2D eigenvalue weighted by Crippen LogP contribution is -2.28. The molecule has 1 aromatic rings. The van der Waals surface area contributed by atoms with Crippen LogP contribution in [0.1, 0.15) is 0 Å². The molecule has 0 spiro atoms. The van der Waals surface area contributed by atoms with Gasteiger partial charge in [-0.1, -0.05) is 0 Å². The molecule has 1 aromatic carbocycles. The van der Waals surface area contributed by atoms with Crippen LogP contribution < -0.4 is 10.5 Å². The molecule has 0 amide bonds. The molecule has 0 fully saturated rings. The minimum Gasteiger partial charge on any atom is -0.393 e. The predicted molar refractivity (Wildman–Crippen MR) is 69.5 cm³/mol. The molecule has 118 valence electrons. The number of nitrogen functional groups attached to an aromatic ring is 1. The minimum atomic E-state index is -3.95. The third-order valence-electron chi connectivity index (χ3n) is 2.29. The number of alkyl halides is 2. The van der Waals surface area contributed by atoms with Gasteiger partial charge in [0.1, 0.15) is 12.3 Å². The molecule has 8 nitrogen and oxygen atoms in total. The molecule has 21 heavy (non-hydrogen) atoms. The van der Waals surface area contributed by atoms with E-state index < -0.39 is 33.7 Å². The average Bonchev–Trinajstić information content (AvgIpc) is 2.37. The topological polar surface area (TPSA) is 125 Å². The molecule has 0 saturated carbocycles. The Bertz CT molecular complexity index is 609. The third kappa shape index (κ3) is 5.21. The molecule has 0 heterocycles. The largest absolute Gasteiger partial charge is 0.393 e. The van der Waals surface area contributed by atoms with Gasteiger partial charge in [-0.2, -0.15) is 0 Å². The quantitative estimate of drug-likeness (QED) is 0.314. The Balaban J connectivity index is 2.66. The summed E-state index contributed by atoms with van der Waals surface area (Å²) in [4.78, 5) is 9.56. The van der Waals surface area contributed by atoms with Crippen molar-refractivity contribution in [3.05, 3.63) is 28.3 Å². The van der Waals surface area contributed by atoms with Gasteiger partial charge in [-0.3, -0.25) is 10.1 Å². The van der Waals surface area contributed by atoms with Gasteiger partial charge in [0.25, 0.3) is 12.1 Å². The van der Waals surface area contributed by atoms with Gasteiger partial charge in [-0.05, 0) is 12.1 Å². The Morgan fingerprint density at radius 3 is 2.62 bits per heavy atom. The molecule has 0 aliphatic carbocycles. The summed E-state index contributed by atoms with van der Waals surface area (Å²) in [6.45, 7) is -1.23. The predicted octanol–water partition coefficient (Wildman–Crippen LogP) is 0.737. The average molecular weight is 325 g/mol. The Morgan fingerprint density at radius 2 is 2.10 bits per heavy atom. The van der Waals surface area contributed by atoms with Crippen LogP contribution in [0.15, 0.2) is 23.1 Å². The van der Waals surface area contributed by atoms with E-state index in [0.29, 0.717) is 0 Å². The van der Waals surface area contributed by atoms with E-state index in [9.17, 15) is 27.3 Å². The van der Waals surface area contributed by atoms with Crippen LogP contribution in [0.5, 0.6) is 0 Å². The van der Waals surface area contributed by atoms with Gasteiger partial charge in [0.05, 0.1) is 16.4 Å². The zero-order valence-electron chi connectivity index (χ0n) is 10.7. The second-order valence-electron chi connectivity index (χ2n) is 3.84. The highest BCUT2D eigenvalue weighted by Gasteiger charge is 2.18. The van der Waals surface area contributed by atoms with Crippen LogP contribution in [0.25, 0.3) is 0 Å². The number of halogens is 2. The second kappa shape index (κ2) is 7.24. The number of ether oxygens (including phenoxy) is 1. The normalized spacial score (nSPS) is 11.8. The number of hydrogen-bond acceptors (Lipinski definition) is 6. The Kier molecular flexibility index (Phi) is 5.93. The lowest BCUT2D eigenvalue weighted by Gasteiger charge is -2.08. The maximum Gasteiger partial charge on any atom is 0.292 e. The first kappa shape index (κ1) is 17.2. The van der Waals surface area contributed by atoms with E-state index in [4.69, 9.17) is 5.73 Å². The fraction of sp³-hybridized carbons (Fsp3) is 0.400. The van der Waals surface area contributed by atoms with Crippen LogP contribution in [0.3, 0.4) is 0 Å². The highest BCUT2D eigenvalue weighted by atomic mass is 32.2. The van der Waals surface area contributed by atoms with Crippen molar-refractivity contribution in [1.29, 1.82) is 0 Å². The van der Waals surface area contributed by atoms with Gasteiger partial charge >= 0.3 is 0 Å². The molecule has 1 rings (SSSR count). The van der Waals surface area contributed by atoms with E-state index in [1.807, 2.05) is 0 Å². The van der Waals surface area contributed by atoms with E-state index in [1.54, 1.807) is 0 Å². The van der Waals surface area contributed by atoms with Crippen molar-refractivity contribution < 1.29 is 26.9 Å². The SMILES string of the molecule is Nc1cc(S(=O)(=O)NCCOCC(F)F)ccc1[N+](=O)[O-]. The van der Waals surface area contributed by atoms with Crippen LogP contribution in [0.2, 0.25) is 0 Å². The van der Waals surface area contributed by atoms with Crippen molar-refractivity contribution >= 4 is 21.4 Å². The van der Waals surface area contributed by atoms with Crippen LogP contribution >= 0.6 is 0 Å². The molecule has 0 unspecified atom stereocenters. The number of nitrogens with one attached hydrogen (secondary N) is 1. The van der Waals surface area contributed by atoms with E-state index in [0.717, 1.165) is 18.2 Å². The lowest BCUT2D eigenvalue weighted by atomic mass is 10.3. The molecule has 11 heteroatoms. The molecule has 0 aromatic heterocycles. The molecule has 0 bridgehead atoms. The number of nitro benzene ring substituents is 1. The smallest absolute Gasteiger partial charge is 0.292 e. The summed E-state index contributed by atoms with van der Waals surface area (Å²) in [5, 5.41) is 10.6. The van der Waals surface area contributed by atoms with E-state index >= 15 is 0 Å². The minimum absolute atomic E-state index is 0.216. The fourth-order valence-electron chi connectivity index (χ4n) is 1.37. The zero-order chi connectivity index (χ0) is 16.0. The molecular weight excluding hydrogens is 312 g/mol. The van der Waals surface area contributed by atoms with Crippen molar-refractivity contribution in [3.63, 3.8) is 0 Å². The number of hydrogen-bond donors (Lipinski definition) is 2. The van der Waals surface area contributed by atoms with Crippen molar-refractivity contribution in [2.75, 3.05) is 25.5 Å². The Labute approximate surface area is 119 Å². The third-order valence-corrected chi connectivity index (χ3v) is 3.75. The molecule has 0 saturated heterocycles. The number of nitrogens with two attached hydrogens (primary N) is 1. The van der Waals surface area contributed by atoms with E-state index in [2.05, 4.69) is 9.46 Å². The maximum atomic E-state index is 11.8.